The van der Waals surface area contributed by atoms with E-state index in [4.69, 9.17) is 4.52 Å². The highest BCUT2D eigenvalue weighted by Gasteiger charge is 2.20. The van der Waals surface area contributed by atoms with Gasteiger partial charge in [0, 0.05) is 38.6 Å². The van der Waals surface area contributed by atoms with Crippen molar-refractivity contribution in [3.05, 3.63) is 41.7 Å². The Morgan fingerprint density at radius 3 is 2.64 bits per heavy atom. The summed E-state index contributed by atoms with van der Waals surface area (Å²) in [5.41, 5.74) is 1.37. The van der Waals surface area contributed by atoms with Crippen LogP contribution in [0.25, 0.3) is 0 Å². The summed E-state index contributed by atoms with van der Waals surface area (Å²) in [4.78, 5) is 9.22. The van der Waals surface area contributed by atoms with E-state index >= 15 is 0 Å². The van der Waals surface area contributed by atoms with Crippen molar-refractivity contribution in [1.82, 2.24) is 15.0 Å². The van der Waals surface area contributed by atoms with Gasteiger partial charge in [-0.1, -0.05) is 49.3 Å². The number of anilines is 1. The van der Waals surface area contributed by atoms with E-state index in [9.17, 15) is 0 Å². The fourth-order valence-electron chi connectivity index (χ4n) is 2.75. The Balaban J connectivity index is 1.59. The molecule has 1 aromatic heterocycles. The van der Waals surface area contributed by atoms with Crippen LogP contribution >= 0.6 is 0 Å². The average Bonchev–Trinajstić information content (AvgIpc) is 2.91. The molecule has 0 unspecified atom stereocenters. The SMILES string of the molecule is CC(C)c1noc(N2CCCN(Cc3ccccc3)CC2)n1. The summed E-state index contributed by atoms with van der Waals surface area (Å²) in [5.74, 6) is 1.10. The molecule has 118 valence electrons. The third kappa shape index (κ3) is 3.65. The van der Waals surface area contributed by atoms with Crippen molar-refractivity contribution in [2.45, 2.75) is 32.7 Å². The number of aromatic nitrogens is 2. The van der Waals surface area contributed by atoms with Gasteiger partial charge in [0.05, 0.1) is 0 Å². The summed E-state index contributed by atoms with van der Waals surface area (Å²) >= 11 is 0. The van der Waals surface area contributed by atoms with Gasteiger partial charge in [-0.15, -0.1) is 0 Å². The summed E-state index contributed by atoms with van der Waals surface area (Å²) in [5, 5.41) is 4.07. The van der Waals surface area contributed by atoms with E-state index in [2.05, 4.69) is 64.1 Å². The Hall–Kier alpha value is -1.88. The molecule has 0 radical (unpaired) electrons. The monoisotopic (exact) mass is 300 g/mol. The van der Waals surface area contributed by atoms with Crippen LogP contribution in [0.3, 0.4) is 0 Å². The second-order valence-corrected chi connectivity index (χ2v) is 6.19. The lowest BCUT2D eigenvalue weighted by Crippen LogP contribution is -2.30. The molecule has 0 atom stereocenters. The smallest absolute Gasteiger partial charge is 0.323 e. The van der Waals surface area contributed by atoms with Gasteiger partial charge in [0.2, 0.25) is 0 Å². The Kier molecular flexibility index (Phi) is 4.73. The summed E-state index contributed by atoms with van der Waals surface area (Å²) in [7, 11) is 0. The van der Waals surface area contributed by atoms with Crippen LogP contribution in [-0.2, 0) is 6.54 Å². The largest absolute Gasteiger partial charge is 0.324 e. The first-order chi connectivity index (χ1) is 10.7. The molecule has 0 bridgehead atoms. The lowest BCUT2D eigenvalue weighted by atomic mass is 10.2. The maximum Gasteiger partial charge on any atom is 0.324 e. The van der Waals surface area contributed by atoms with Crippen molar-refractivity contribution in [2.24, 2.45) is 0 Å². The first-order valence-electron chi connectivity index (χ1n) is 8.07. The van der Waals surface area contributed by atoms with Crippen LogP contribution in [-0.4, -0.2) is 41.2 Å². The zero-order chi connectivity index (χ0) is 15.4. The second-order valence-electron chi connectivity index (χ2n) is 6.19. The van der Waals surface area contributed by atoms with Gasteiger partial charge in [-0.2, -0.15) is 4.98 Å². The Bertz CT molecular complexity index is 581. The highest BCUT2D eigenvalue weighted by molar-refractivity contribution is 5.26. The molecule has 1 aliphatic rings. The van der Waals surface area contributed by atoms with Gasteiger partial charge in [-0.25, -0.2) is 0 Å². The molecule has 1 aliphatic heterocycles. The van der Waals surface area contributed by atoms with Crippen LogP contribution in [0.2, 0.25) is 0 Å². The second kappa shape index (κ2) is 6.92. The van der Waals surface area contributed by atoms with Crippen molar-refractivity contribution in [1.29, 1.82) is 0 Å². The Morgan fingerprint density at radius 1 is 1.09 bits per heavy atom. The van der Waals surface area contributed by atoms with Gasteiger partial charge in [0.1, 0.15) is 0 Å². The summed E-state index contributed by atoms with van der Waals surface area (Å²) in [6.45, 7) is 9.22. The lowest BCUT2D eigenvalue weighted by molar-refractivity contribution is 0.285. The van der Waals surface area contributed by atoms with Gasteiger partial charge in [0.15, 0.2) is 5.82 Å². The summed E-state index contributed by atoms with van der Waals surface area (Å²) in [6, 6.07) is 11.3. The number of nitrogens with zero attached hydrogens (tertiary/aromatic N) is 4. The maximum atomic E-state index is 5.42. The van der Waals surface area contributed by atoms with E-state index in [0.717, 1.165) is 45.0 Å². The molecule has 0 N–H and O–H groups in total. The van der Waals surface area contributed by atoms with E-state index in [1.54, 1.807) is 0 Å². The maximum absolute atomic E-state index is 5.42. The molecule has 1 fully saturated rings. The highest BCUT2D eigenvalue weighted by atomic mass is 16.5. The van der Waals surface area contributed by atoms with E-state index < -0.39 is 0 Å². The molecule has 1 saturated heterocycles. The first-order valence-corrected chi connectivity index (χ1v) is 8.07. The molecule has 3 rings (SSSR count). The Morgan fingerprint density at radius 2 is 1.91 bits per heavy atom. The molecule has 2 aromatic rings. The summed E-state index contributed by atoms with van der Waals surface area (Å²) in [6.07, 6.45) is 1.12. The molecule has 0 spiro atoms. The quantitative estimate of drug-likeness (QED) is 0.869. The van der Waals surface area contributed by atoms with E-state index in [1.807, 2.05) is 0 Å². The van der Waals surface area contributed by atoms with Crippen molar-refractivity contribution in [3.8, 4) is 0 Å². The summed E-state index contributed by atoms with van der Waals surface area (Å²) < 4.78 is 5.42. The Labute approximate surface area is 131 Å². The molecule has 0 aliphatic carbocycles. The van der Waals surface area contributed by atoms with Crippen molar-refractivity contribution in [2.75, 3.05) is 31.1 Å². The molecule has 22 heavy (non-hydrogen) atoms. The van der Waals surface area contributed by atoms with Crippen molar-refractivity contribution in [3.63, 3.8) is 0 Å². The lowest BCUT2D eigenvalue weighted by Gasteiger charge is -2.20. The standard InChI is InChI=1S/C17H24N4O/c1-14(2)16-18-17(22-19-16)21-10-6-9-20(11-12-21)13-15-7-4-3-5-8-15/h3-5,7-8,14H,6,9-13H2,1-2H3. The molecule has 5 heteroatoms. The highest BCUT2D eigenvalue weighted by Crippen LogP contribution is 2.18. The fourth-order valence-corrected chi connectivity index (χ4v) is 2.75. The van der Waals surface area contributed by atoms with Crippen LogP contribution in [0, 0.1) is 0 Å². The molecule has 0 amide bonds. The van der Waals surface area contributed by atoms with Crippen LogP contribution in [0.4, 0.5) is 6.01 Å². The average molecular weight is 300 g/mol. The van der Waals surface area contributed by atoms with E-state index in [-0.39, 0.29) is 0 Å². The minimum absolute atomic E-state index is 0.305. The minimum atomic E-state index is 0.305. The zero-order valence-corrected chi connectivity index (χ0v) is 13.4. The number of rotatable bonds is 4. The van der Waals surface area contributed by atoms with Crippen LogP contribution < -0.4 is 4.90 Å². The number of benzene rings is 1. The van der Waals surface area contributed by atoms with Gasteiger partial charge < -0.3 is 9.42 Å². The van der Waals surface area contributed by atoms with Crippen molar-refractivity contribution >= 4 is 6.01 Å². The van der Waals surface area contributed by atoms with Crippen molar-refractivity contribution < 1.29 is 4.52 Å². The minimum Gasteiger partial charge on any atom is -0.323 e. The van der Waals surface area contributed by atoms with Gasteiger partial charge in [-0.3, -0.25) is 4.90 Å². The topological polar surface area (TPSA) is 45.4 Å². The zero-order valence-electron chi connectivity index (χ0n) is 13.4. The first kappa shape index (κ1) is 15.0. The predicted molar refractivity (Wildman–Crippen MR) is 86.9 cm³/mol. The third-order valence-electron chi connectivity index (χ3n) is 4.06. The molecule has 1 aromatic carbocycles. The number of hydrogen-bond acceptors (Lipinski definition) is 5. The van der Waals surface area contributed by atoms with E-state index in [1.165, 1.54) is 5.56 Å². The van der Waals surface area contributed by atoms with Crippen LogP contribution in [0.5, 0.6) is 0 Å². The number of hydrogen-bond donors (Lipinski definition) is 0. The van der Waals surface area contributed by atoms with Crippen LogP contribution in [0.1, 0.15) is 37.6 Å². The van der Waals surface area contributed by atoms with Gasteiger partial charge in [-0.05, 0) is 12.0 Å². The molecular formula is C17H24N4O. The molecule has 2 heterocycles. The molecule has 0 saturated carbocycles. The van der Waals surface area contributed by atoms with E-state index in [0.29, 0.717) is 11.9 Å². The van der Waals surface area contributed by atoms with Gasteiger partial charge >= 0.3 is 6.01 Å². The van der Waals surface area contributed by atoms with Crippen LogP contribution in [0.15, 0.2) is 34.9 Å². The molecule has 5 nitrogen and oxygen atoms in total. The predicted octanol–water partition coefficient (Wildman–Crippen LogP) is 2.91. The third-order valence-corrected chi connectivity index (χ3v) is 4.06. The normalized spacial score (nSPS) is 17.0. The van der Waals surface area contributed by atoms with Gasteiger partial charge in [0.25, 0.3) is 0 Å². The molecular weight excluding hydrogens is 276 g/mol. The fraction of sp³-hybridized carbons (Fsp3) is 0.529.